The van der Waals surface area contributed by atoms with Gasteiger partial charge in [-0.2, -0.15) is 0 Å². The molecule has 0 amide bonds. The van der Waals surface area contributed by atoms with Crippen LogP contribution in [-0.2, 0) is 0 Å². The van der Waals surface area contributed by atoms with Gasteiger partial charge in [0.1, 0.15) is 0 Å². The molecule has 0 fully saturated rings. The molecule has 0 aromatic heterocycles. The van der Waals surface area contributed by atoms with Crippen molar-refractivity contribution >= 4 is 0 Å². The van der Waals surface area contributed by atoms with Crippen LogP contribution in [0.2, 0.25) is 0 Å². The third-order valence-corrected chi connectivity index (χ3v) is 1.69. The predicted octanol–water partition coefficient (Wildman–Crippen LogP) is 3.87. The topological polar surface area (TPSA) is 0 Å². The number of hydrogen-bond acceptors (Lipinski definition) is 0. The van der Waals surface area contributed by atoms with E-state index in [0.717, 1.165) is 6.42 Å². The maximum Gasteiger partial charge on any atom is -0.0279 e. The molecule has 11 heavy (non-hydrogen) atoms. The van der Waals surface area contributed by atoms with E-state index < -0.39 is 0 Å². The van der Waals surface area contributed by atoms with Gasteiger partial charge in [-0.15, -0.1) is 0 Å². The Morgan fingerprint density at radius 3 is 2.45 bits per heavy atom. The Labute approximate surface area is 70.3 Å². The zero-order valence-electron chi connectivity index (χ0n) is 7.85. The molecule has 62 valence electrons. The lowest BCUT2D eigenvalue weighted by atomic mass is 10.0. The minimum atomic E-state index is 1.14. The maximum absolute atomic E-state index is 3.79. The first-order valence-electron chi connectivity index (χ1n) is 4.21. The normalized spacial score (nSPS) is 13.4. The Bertz CT molecular complexity index is 170. The number of rotatable bonds is 4. The fourth-order valence-electron chi connectivity index (χ4n) is 1.09. The van der Waals surface area contributed by atoms with E-state index in [1.807, 2.05) is 13.0 Å². The van der Waals surface area contributed by atoms with Crippen molar-refractivity contribution in [3.8, 4) is 0 Å². The Hall–Kier alpha value is -0.780. The lowest BCUT2D eigenvalue weighted by Crippen LogP contribution is -1.81. The van der Waals surface area contributed by atoms with Gasteiger partial charge in [0.05, 0.1) is 0 Å². The molecule has 0 heteroatoms. The van der Waals surface area contributed by atoms with Crippen molar-refractivity contribution < 1.29 is 0 Å². The summed E-state index contributed by atoms with van der Waals surface area (Å²) in [6.07, 6.45) is 8.48. The average Bonchev–Trinajstić information content (AvgIpc) is 2.00. The molecule has 0 nitrogen and oxygen atoms in total. The first-order chi connectivity index (χ1) is 5.26. The van der Waals surface area contributed by atoms with Crippen molar-refractivity contribution in [1.29, 1.82) is 0 Å². The predicted molar refractivity (Wildman–Crippen MR) is 52.6 cm³/mol. The number of allylic oxidation sites excluding steroid dienone is 5. The third-order valence-electron chi connectivity index (χ3n) is 1.69. The molecule has 0 unspecified atom stereocenters. The fourth-order valence-corrected chi connectivity index (χ4v) is 1.09. The van der Waals surface area contributed by atoms with Crippen LogP contribution in [0.4, 0.5) is 0 Å². The molecule has 0 aliphatic heterocycles. The van der Waals surface area contributed by atoms with Crippen LogP contribution in [0.1, 0.15) is 33.6 Å². The van der Waals surface area contributed by atoms with Crippen LogP contribution in [-0.4, -0.2) is 0 Å². The van der Waals surface area contributed by atoms with Crippen molar-refractivity contribution in [2.45, 2.75) is 33.6 Å². The standard InChI is InChI=1S/C11H18/c1-5-8-10(4)11(7-3)9-6-2/h5,7-8H,3,6,9H2,1-2,4H3/b8-5-,11-10+. The summed E-state index contributed by atoms with van der Waals surface area (Å²) in [7, 11) is 0. The maximum atomic E-state index is 3.79. The van der Waals surface area contributed by atoms with Crippen molar-refractivity contribution in [1.82, 2.24) is 0 Å². The summed E-state index contributed by atoms with van der Waals surface area (Å²) in [4.78, 5) is 0. The van der Waals surface area contributed by atoms with Crippen LogP contribution in [0.25, 0.3) is 0 Å². The second-order valence-electron chi connectivity index (χ2n) is 2.66. The van der Waals surface area contributed by atoms with Crippen LogP contribution in [0.3, 0.4) is 0 Å². The van der Waals surface area contributed by atoms with Crippen LogP contribution in [0, 0.1) is 0 Å². The highest BCUT2D eigenvalue weighted by Crippen LogP contribution is 2.12. The van der Waals surface area contributed by atoms with Gasteiger partial charge in [0.25, 0.3) is 0 Å². The molecule has 0 aliphatic rings. The van der Waals surface area contributed by atoms with Gasteiger partial charge < -0.3 is 0 Å². The van der Waals surface area contributed by atoms with E-state index in [0.29, 0.717) is 0 Å². The highest BCUT2D eigenvalue weighted by atomic mass is 14.0. The van der Waals surface area contributed by atoms with E-state index in [1.165, 1.54) is 17.6 Å². The molecular formula is C11H18. The van der Waals surface area contributed by atoms with Gasteiger partial charge in [0.2, 0.25) is 0 Å². The van der Waals surface area contributed by atoms with Crippen molar-refractivity contribution in [2.24, 2.45) is 0 Å². The molecular weight excluding hydrogens is 132 g/mol. The van der Waals surface area contributed by atoms with E-state index in [4.69, 9.17) is 0 Å². The van der Waals surface area contributed by atoms with Gasteiger partial charge in [-0.1, -0.05) is 38.2 Å². The smallest absolute Gasteiger partial charge is 0.0279 e. The summed E-state index contributed by atoms with van der Waals surface area (Å²) in [6.45, 7) is 10.1. The molecule has 0 aromatic rings. The van der Waals surface area contributed by atoms with Crippen LogP contribution >= 0.6 is 0 Å². The zero-order chi connectivity index (χ0) is 8.69. The summed E-state index contributed by atoms with van der Waals surface area (Å²) >= 11 is 0. The summed E-state index contributed by atoms with van der Waals surface area (Å²) in [5.41, 5.74) is 2.70. The average molecular weight is 150 g/mol. The van der Waals surface area contributed by atoms with Gasteiger partial charge in [-0.05, 0) is 31.4 Å². The zero-order valence-corrected chi connectivity index (χ0v) is 7.85. The molecule has 0 heterocycles. The van der Waals surface area contributed by atoms with E-state index in [9.17, 15) is 0 Å². The summed E-state index contributed by atoms with van der Waals surface area (Å²) in [5, 5.41) is 0. The molecule has 0 saturated carbocycles. The Morgan fingerprint density at radius 2 is 2.09 bits per heavy atom. The minimum Gasteiger partial charge on any atom is -0.0988 e. The van der Waals surface area contributed by atoms with Gasteiger partial charge in [-0.3, -0.25) is 0 Å². The van der Waals surface area contributed by atoms with E-state index >= 15 is 0 Å². The van der Waals surface area contributed by atoms with Gasteiger partial charge in [-0.25, -0.2) is 0 Å². The Kier molecular flexibility index (Phi) is 5.54. The van der Waals surface area contributed by atoms with E-state index in [1.54, 1.807) is 0 Å². The van der Waals surface area contributed by atoms with E-state index in [-0.39, 0.29) is 0 Å². The fraction of sp³-hybridized carbons (Fsp3) is 0.455. The van der Waals surface area contributed by atoms with Gasteiger partial charge in [0, 0.05) is 0 Å². The first kappa shape index (κ1) is 10.2. The lowest BCUT2D eigenvalue weighted by molar-refractivity contribution is 0.918. The Balaban J connectivity index is 4.38. The molecule has 0 spiro atoms. The molecule has 0 saturated heterocycles. The van der Waals surface area contributed by atoms with Crippen LogP contribution < -0.4 is 0 Å². The van der Waals surface area contributed by atoms with Crippen molar-refractivity contribution in [3.63, 3.8) is 0 Å². The quantitative estimate of drug-likeness (QED) is 0.534. The van der Waals surface area contributed by atoms with Crippen LogP contribution in [0.15, 0.2) is 36.0 Å². The minimum absolute atomic E-state index is 1.14. The molecule has 0 bridgehead atoms. The largest absolute Gasteiger partial charge is 0.0988 e. The van der Waals surface area contributed by atoms with Crippen molar-refractivity contribution in [2.75, 3.05) is 0 Å². The molecule has 0 aliphatic carbocycles. The molecule has 0 aromatic carbocycles. The second-order valence-corrected chi connectivity index (χ2v) is 2.66. The van der Waals surface area contributed by atoms with Crippen molar-refractivity contribution in [3.05, 3.63) is 36.0 Å². The second kappa shape index (κ2) is 5.96. The lowest BCUT2D eigenvalue weighted by Gasteiger charge is -2.01. The molecule has 0 N–H and O–H groups in total. The summed E-state index contributed by atoms with van der Waals surface area (Å²) < 4.78 is 0. The first-order valence-corrected chi connectivity index (χ1v) is 4.21. The Morgan fingerprint density at radius 1 is 1.45 bits per heavy atom. The van der Waals surface area contributed by atoms with Crippen LogP contribution in [0.5, 0.6) is 0 Å². The third kappa shape index (κ3) is 3.82. The molecule has 0 radical (unpaired) electrons. The molecule has 0 rings (SSSR count). The van der Waals surface area contributed by atoms with Gasteiger partial charge in [0.15, 0.2) is 0 Å². The molecule has 0 atom stereocenters. The number of hydrogen-bond donors (Lipinski definition) is 0. The summed E-state index contributed by atoms with van der Waals surface area (Å²) in [5.74, 6) is 0. The monoisotopic (exact) mass is 150 g/mol. The SMILES string of the molecule is C=C/C(CCC)=C(C)\C=C/C. The highest BCUT2D eigenvalue weighted by molar-refractivity contribution is 5.30. The van der Waals surface area contributed by atoms with E-state index in [2.05, 4.69) is 32.6 Å². The highest BCUT2D eigenvalue weighted by Gasteiger charge is 1.92. The summed E-state index contributed by atoms with van der Waals surface area (Å²) in [6, 6.07) is 0. The van der Waals surface area contributed by atoms with Gasteiger partial charge >= 0.3 is 0 Å².